The van der Waals surface area contributed by atoms with Gasteiger partial charge in [0.2, 0.25) is 5.95 Å². The first kappa shape index (κ1) is 19.3. The fourth-order valence-corrected chi connectivity index (χ4v) is 3.70. The van der Waals surface area contributed by atoms with Crippen molar-refractivity contribution in [2.24, 2.45) is 0 Å². The Hall–Kier alpha value is -3.06. The summed E-state index contributed by atoms with van der Waals surface area (Å²) in [6.45, 7) is 1.85. The quantitative estimate of drug-likeness (QED) is 0.625. The minimum atomic E-state index is -0.570. The molecule has 3 aromatic rings. The van der Waals surface area contributed by atoms with Crippen LogP contribution in [0.2, 0.25) is 5.02 Å². The number of carbonyl (C=O) groups is 1. The smallest absolute Gasteiger partial charge is 0.255 e. The minimum Gasteiger partial charge on any atom is -0.347 e. The van der Waals surface area contributed by atoms with Gasteiger partial charge in [-0.15, -0.1) is 0 Å². The Labute approximate surface area is 171 Å². The van der Waals surface area contributed by atoms with E-state index in [2.05, 4.69) is 20.6 Å². The Bertz CT molecular complexity index is 1110. The van der Waals surface area contributed by atoms with Crippen LogP contribution in [0.5, 0.6) is 0 Å². The van der Waals surface area contributed by atoms with Gasteiger partial charge in [-0.05, 0) is 61.7 Å². The Morgan fingerprint density at radius 1 is 1.17 bits per heavy atom. The minimum absolute atomic E-state index is 0.0884. The third kappa shape index (κ3) is 3.91. The average molecular weight is 415 g/mol. The zero-order valence-corrected chi connectivity index (χ0v) is 16.2. The lowest BCUT2D eigenvalue weighted by atomic mass is 10.0. The van der Waals surface area contributed by atoms with Crippen molar-refractivity contribution >= 4 is 29.1 Å². The van der Waals surface area contributed by atoms with E-state index in [0.717, 1.165) is 5.69 Å². The molecule has 1 atom stereocenters. The highest BCUT2D eigenvalue weighted by Gasteiger charge is 2.30. The van der Waals surface area contributed by atoms with Crippen molar-refractivity contribution in [3.05, 3.63) is 81.6 Å². The number of halogens is 3. The van der Waals surface area contributed by atoms with Gasteiger partial charge >= 0.3 is 0 Å². The zero-order chi connectivity index (χ0) is 20.5. The van der Waals surface area contributed by atoms with Crippen LogP contribution < -0.4 is 10.6 Å². The van der Waals surface area contributed by atoms with Crippen LogP contribution >= 0.6 is 11.6 Å². The Kier molecular flexibility index (Phi) is 5.15. The molecule has 1 heterocycles. The number of fused-ring (bicyclic) bond motifs is 1. The molecule has 4 rings (SSSR count). The second-order valence-corrected chi connectivity index (χ2v) is 7.23. The summed E-state index contributed by atoms with van der Waals surface area (Å²) in [7, 11) is 0. The van der Waals surface area contributed by atoms with Crippen LogP contribution in [0.3, 0.4) is 0 Å². The van der Waals surface area contributed by atoms with Crippen LogP contribution in [-0.2, 0) is 6.42 Å². The third-order valence-electron chi connectivity index (χ3n) is 4.86. The van der Waals surface area contributed by atoms with E-state index in [9.17, 15) is 13.6 Å². The molecular weight excluding hydrogens is 398 g/mol. The molecule has 29 heavy (non-hydrogen) atoms. The molecule has 2 aromatic carbocycles. The van der Waals surface area contributed by atoms with E-state index >= 15 is 0 Å². The molecule has 148 valence electrons. The highest BCUT2D eigenvalue weighted by Crippen LogP contribution is 2.37. The first-order valence-corrected chi connectivity index (χ1v) is 9.44. The lowest BCUT2D eigenvalue weighted by Gasteiger charge is -2.16. The van der Waals surface area contributed by atoms with Crippen LogP contribution in [0.1, 0.15) is 39.6 Å². The molecule has 8 heteroatoms. The fraction of sp³-hybridized carbons (Fsp3) is 0.190. The largest absolute Gasteiger partial charge is 0.347 e. The number of amides is 1. The highest BCUT2D eigenvalue weighted by molar-refractivity contribution is 6.31. The molecule has 1 aliphatic carbocycles. The van der Waals surface area contributed by atoms with Crippen LogP contribution in [0.4, 0.5) is 20.4 Å². The molecule has 1 amide bonds. The SMILES string of the molecule is Cc1ccnc(NC2CCc3c(C(=O)Nc4ccc(F)c(Cl)c4)ccc(F)c32)n1. The Morgan fingerprint density at radius 2 is 1.97 bits per heavy atom. The van der Waals surface area contributed by atoms with Crippen LogP contribution in [0.25, 0.3) is 0 Å². The molecule has 5 nitrogen and oxygen atoms in total. The summed E-state index contributed by atoms with van der Waals surface area (Å²) < 4.78 is 27.9. The van der Waals surface area contributed by atoms with Gasteiger partial charge in [-0.2, -0.15) is 0 Å². The Balaban J connectivity index is 1.61. The molecule has 1 unspecified atom stereocenters. The Morgan fingerprint density at radius 3 is 2.72 bits per heavy atom. The third-order valence-corrected chi connectivity index (χ3v) is 5.15. The van der Waals surface area contributed by atoms with E-state index in [0.29, 0.717) is 41.2 Å². The number of carbonyl (C=O) groups excluding carboxylic acids is 1. The second-order valence-electron chi connectivity index (χ2n) is 6.83. The summed E-state index contributed by atoms with van der Waals surface area (Å²) in [5.41, 5.74) is 2.62. The summed E-state index contributed by atoms with van der Waals surface area (Å²) >= 11 is 5.77. The number of hydrogen-bond acceptors (Lipinski definition) is 4. The van der Waals surface area contributed by atoms with Gasteiger partial charge in [0.1, 0.15) is 11.6 Å². The predicted octanol–water partition coefficient (Wildman–Crippen LogP) is 5.07. The molecular formula is C21H17ClF2N4O. The van der Waals surface area contributed by atoms with E-state index < -0.39 is 11.7 Å². The standard InChI is InChI=1S/C21H17ClF2N4O/c1-11-8-9-25-21(26-11)28-18-7-4-13-14(3-6-17(24)19(13)18)20(29)27-12-2-5-16(23)15(22)10-12/h2-3,5-6,8-10,18H,4,7H2,1H3,(H,27,29)(H,25,26,28). The fourth-order valence-electron chi connectivity index (χ4n) is 3.52. The maximum atomic E-state index is 14.6. The summed E-state index contributed by atoms with van der Waals surface area (Å²) in [5, 5.41) is 5.76. The highest BCUT2D eigenvalue weighted by atomic mass is 35.5. The van der Waals surface area contributed by atoms with Crippen molar-refractivity contribution < 1.29 is 13.6 Å². The summed E-state index contributed by atoms with van der Waals surface area (Å²) in [4.78, 5) is 21.2. The van der Waals surface area contributed by atoms with E-state index in [1.54, 1.807) is 12.3 Å². The molecule has 0 saturated heterocycles. The zero-order valence-electron chi connectivity index (χ0n) is 15.5. The van der Waals surface area contributed by atoms with Gasteiger partial charge in [0.05, 0.1) is 11.1 Å². The molecule has 0 radical (unpaired) electrons. The van der Waals surface area contributed by atoms with Crippen molar-refractivity contribution in [2.75, 3.05) is 10.6 Å². The van der Waals surface area contributed by atoms with Gasteiger partial charge in [-0.1, -0.05) is 11.6 Å². The van der Waals surface area contributed by atoms with Gasteiger partial charge in [0.25, 0.3) is 5.91 Å². The van der Waals surface area contributed by atoms with Crippen molar-refractivity contribution in [1.29, 1.82) is 0 Å². The maximum Gasteiger partial charge on any atom is 0.255 e. The van der Waals surface area contributed by atoms with E-state index in [1.807, 2.05) is 6.92 Å². The van der Waals surface area contributed by atoms with E-state index in [-0.39, 0.29) is 16.9 Å². The van der Waals surface area contributed by atoms with Gasteiger partial charge in [-0.25, -0.2) is 18.7 Å². The van der Waals surface area contributed by atoms with E-state index in [1.165, 1.54) is 30.3 Å². The molecule has 0 spiro atoms. The number of anilines is 2. The van der Waals surface area contributed by atoms with Gasteiger partial charge in [-0.3, -0.25) is 4.79 Å². The first-order chi connectivity index (χ1) is 13.9. The number of nitrogens with one attached hydrogen (secondary N) is 2. The molecule has 1 aliphatic rings. The van der Waals surface area contributed by atoms with E-state index in [4.69, 9.17) is 11.6 Å². The van der Waals surface area contributed by atoms with Crippen LogP contribution in [0, 0.1) is 18.6 Å². The topological polar surface area (TPSA) is 66.9 Å². The normalized spacial score (nSPS) is 15.1. The number of nitrogens with zero attached hydrogens (tertiary/aromatic N) is 2. The number of aromatic nitrogens is 2. The molecule has 0 aliphatic heterocycles. The van der Waals surface area contributed by atoms with Crippen molar-refractivity contribution in [3.63, 3.8) is 0 Å². The molecule has 2 N–H and O–H groups in total. The lowest BCUT2D eigenvalue weighted by molar-refractivity contribution is 0.102. The van der Waals surface area contributed by atoms with Crippen LogP contribution in [-0.4, -0.2) is 15.9 Å². The predicted molar refractivity (Wildman–Crippen MR) is 107 cm³/mol. The summed E-state index contributed by atoms with van der Waals surface area (Å²) in [6.07, 6.45) is 2.77. The van der Waals surface area contributed by atoms with Gasteiger partial charge in [0, 0.05) is 28.7 Å². The van der Waals surface area contributed by atoms with Crippen molar-refractivity contribution in [3.8, 4) is 0 Å². The van der Waals surface area contributed by atoms with Crippen LogP contribution in [0.15, 0.2) is 42.6 Å². The van der Waals surface area contributed by atoms with Crippen molar-refractivity contribution in [2.45, 2.75) is 25.8 Å². The first-order valence-electron chi connectivity index (χ1n) is 9.06. The molecule has 0 bridgehead atoms. The van der Waals surface area contributed by atoms with Gasteiger partial charge in [0.15, 0.2) is 0 Å². The monoisotopic (exact) mass is 414 g/mol. The number of benzene rings is 2. The number of aryl methyl sites for hydroxylation is 1. The average Bonchev–Trinajstić information content (AvgIpc) is 3.09. The maximum absolute atomic E-state index is 14.6. The summed E-state index contributed by atoms with van der Waals surface area (Å²) in [5.74, 6) is -0.946. The molecule has 0 fully saturated rings. The molecule has 0 saturated carbocycles. The lowest BCUT2D eigenvalue weighted by Crippen LogP contribution is -2.16. The summed E-state index contributed by atoms with van der Waals surface area (Å²) in [6, 6.07) is 8.11. The second kappa shape index (κ2) is 7.75. The van der Waals surface area contributed by atoms with Gasteiger partial charge < -0.3 is 10.6 Å². The molecule has 1 aromatic heterocycles. The van der Waals surface area contributed by atoms with Crippen molar-refractivity contribution in [1.82, 2.24) is 9.97 Å². The number of hydrogen-bond donors (Lipinski definition) is 2. The number of rotatable bonds is 4.